The van der Waals surface area contributed by atoms with Gasteiger partial charge in [-0.3, -0.25) is 0 Å². The Morgan fingerprint density at radius 3 is 1.92 bits per heavy atom. The van der Waals surface area contributed by atoms with E-state index in [1.165, 1.54) is 7.11 Å². The molecule has 4 unspecified atom stereocenters. The molecular formula is C9H20O4. The van der Waals surface area contributed by atoms with Gasteiger partial charge in [0, 0.05) is 13.5 Å². The second-order valence-electron chi connectivity index (χ2n) is 3.49. The van der Waals surface area contributed by atoms with Gasteiger partial charge in [-0.15, -0.1) is 0 Å². The van der Waals surface area contributed by atoms with Crippen molar-refractivity contribution in [2.45, 2.75) is 51.1 Å². The van der Waals surface area contributed by atoms with Gasteiger partial charge in [-0.25, -0.2) is 0 Å². The van der Waals surface area contributed by atoms with Crippen LogP contribution in [0.15, 0.2) is 0 Å². The maximum absolute atomic E-state index is 9.42. The summed E-state index contributed by atoms with van der Waals surface area (Å²) >= 11 is 0. The number of hydrogen-bond donors (Lipinski definition) is 3. The number of hydrogen-bond acceptors (Lipinski definition) is 4. The molecule has 4 nitrogen and oxygen atoms in total. The van der Waals surface area contributed by atoms with E-state index in [1.807, 2.05) is 0 Å². The van der Waals surface area contributed by atoms with E-state index in [0.717, 1.165) is 0 Å². The summed E-state index contributed by atoms with van der Waals surface area (Å²) in [6.45, 7) is 3.23. The zero-order valence-corrected chi connectivity index (χ0v) is 8.47. The Kier molecular flexibility index (Phi) is 6.24. The largest absolute Gasteiger partial charge is 0.393 e. The molecule has 0 radical (unpaired) electrons. The molecule has 13 heavy (non-hydrogen) atoms. The topological polar surface area (TPSA) is 69.9 Å². The maximum Gasteiger partial charge on any atom is 0.0852 e. The Bertz CT molecular complexity index is 125. The van der Waals surface area contributed by atoms with Crippen LogP contribution < -0.4 is 0 Å². The highest BCUT2D eigenvalue weighted by molar-refractivity contribution is 4.70. The molecule has 80 valence electrons. The molecule has 0 aromatic carbocycles. The Balaban J connectivity index is 3.79. The second kappa shape index (κ2) is 6.32. The van der Waals surface area contributed by atoms with Crippen LogP contribution in [-0.2, 0) is 4.74 Å². The van der Waals surface area contributed by atoms with Gasteiger partial charge in [-0.1, -0.05) is 0 Å². The van der Waals surface area contributed by atoms with Crippen molar-refractivity contribution in [3.63, 3.8) is 0 Å². The third-order valence-corrected chi connectivity index (χ3v) is 1.96. The van der Waals surface area contributed by atoms with Crippen LogP contribution in [0.2, 0.25) is 0 Å². The molecule has 0 saturated carbocycles. The summed E-state index contributed by atoms with van der Waals surface area (Å²) in [4.78, 5) is 0. The third-order valence-electron chi connectivity index (χ3n) is 1.96. The normalized spacial score (nSPS) is 20.8. The minimum atomic E-state index is -0.625. The molecule has 0 heterocycles. The quantitative estimate of drug-likeness (QED) is 0.550. The zero-order valence-electron chi connectivity index (χ0n) is 8.47. The molecule has 4 heteroatoms. The lowest BCUT2D eigenvalue weighted by Crippen LogP contribution is -2.30. The van der Waals surface area contributed by atoms with Crippen LogP contribution in [-0.4, -0.2) is 46.8 Å². The van der Waals surface area contributed by atoms with Crippen LogP contribution in [0.25, 0.3) is 0 Å². The van der Waals surface area contributed by atoms with Crippen LogP contribution >= 0.6 is 0 Å². The van der Waals surface area contributed by atoms with E-state index in [4.69, 9.17) is 9.84 Å². The molecule has 0 spiro atoms. The second-order valence-corrected chi connectivity index (χ2v) is 3.49. The third kappa shape index (κ3) is 5.99. The Morgan fingerprint density at radius 2 is 1.62 bits per heavy atom. The summed E-state index contributed by atoms with van der Waals surface area (Å²) in [5.74, 6) is 0. The fourth-order valence-corrected chi connectivity index (χ4v) is 1.25. The van der Waals surface area contributed by atoms with E-state index < -0.39 is 18.3 Å². The molecular weight excluding hydrogens is 172 g/mol. The lowest BCUT2D eigenvalue weighted by molar-refractivity contribution is -0.0371. The summed E-state index contributed by atoms with van der Waals surface area (Å²) in [5, 5.41) is 27.6. The van der Waals surface area contributed by atoms with Crippen molar-refractivity contribution in [2.75, 3.05) is 7.11 Å². The lowest BCUT2D eigenvalue weighted by Gasteiger charge is -2.21. The molecule has 0 saturated heterocycles. The number of aliphatic hydroxyl groups is 3. The Labute approximate surface area is 79.2 Å². The predicted octanol–water partition coefficient (Wildman–Crippen LogP) is -0.0959. The van der Waals surface area contributed by atoms with E-state index in [9.17, 15) is 10.2 Å². The average molecular weight is 192 g/mol. The minimum Gasteiger partial charge on any atom is -0.393 e. The van der Waals surface area contributed by atoms with Crippen LogP contribution in [0, 0.1) is 0 Å². The molecule has 0 aliphatic rings. The van der Waals surface area contributed by atoms with Gasteiger partial charge in [0.05, 0.1) is 24.4 Å². The molecule has 0 aromatic heterocycles. The van der Waals surface area contributed by atoms with E-state index in [1.54, 1.807) is 13.8 Å². The van der Waals surface area contributed by atoms with Gasteiger partial charge in [0.25, 0.3) is 0 Å². The number of aliphatic hydroxyl groups excluding tert-OH is 3. The van der Waals surface area contributed by atoms with E-state index in [2.05, 4.69) is 0 Å². The summed E-state index contributed by atoms with van der Waals surface area (Å²) in [5.41, 5.74) is 0. The molecule has 0 aliphatic carbocycles. The van der Waals surface area contributed by atoms with Gasteiger partial charge in [0.15, 0.2) is 0 Å². The van der Waals surface area contributed by atoms with Crippen molar-refractivity contribution in [2.24, 2.45) is 0 Å². The first-order valence-electron chi connectivity index (χ1n) is 4.54. The summed E-state index contributed by atoms with van der Waals surface area (Å²) in [6.07, 6.45) is -1.46. The van der Waals surface area contributed by atoms with Crippen molar-refractivity contribution in [3.8, 4) is 0 Å². The van der Waals surface area contributed by atoms with Gasteiger partial charge in [-0.05, 0) is 20.3 Å². The smallest absolute Gasteiger partial charge is 0.0852 e. The van der Waals surface area contributed by atoms with Crippen molar-refractivity contribution < 1.29 is 20.1 Å². The van der Waals surface area contributed by atoms with Gasteiger partial charge < -0.3 is 20.1 Å². The molecule has 0 aliphatic heterocycles. The Morgan fingerprint density at radius 1 is 1.08 bits per heavy atom. The van der Waals surface area contributed by atoms with Crippen LogP contribution in [0.1, 0.15) is 26.7 Å². The first kappa shape index (κ1) is 12.8. The molecule has 3 N–H and O–H groups in total. The number of ether oxygens (including phenoxy) is 1. The predicted molar refractivity (Wildman–Crippen MR) is 49.4 cm³/mol. The average Bonchev–Trinajstić information content (AvgIpc) is 1.98. The molecule has 0 bridgehead atoms. The first-order chi connectivity index (χ1) is 5.97. The SMILES string of the molecule is COC(CC(O)CC(C)O)C(C)O. The molecule has 0 amide bonds. The standard InChI is InChI=1S/C9H20O4/c1-6(10)4-8(12)5-9(13-3)7(2)11/h6-12H,4-5H2,1-3H3. The fourth-order valence-electron chi connectivity index (χ4n) is 1.25. The molecule has 4 atom stereocenters. The van der Waals surface area contributed by atoms with Gasteiger partial charge >= 0.3 is 0 Å². The van der Waals surface area contributed by atoms with Crippen LogP contribution in [0.4, 0.5) is 0 Å². The molecule has 0 rings (SSSR count). The van der Waals surface area contributed by atoms with Crippen molar-refractivity contribution in [3.05, 3.63) is 0 Å². The lowest BCUT2D eigenvalue weighted by atomic mass is 10.0. The van der Waals surface area contributed by atoms with Crippen molar-refractivity contribution in [1.82, 2.24) is 0 Å². The fraction of sp³-hybridized carbons (Fsp3) is 1.00. The Hall–Kier alpha value is -0.160. The summed E-state index contributed by atoms with van der Waals surface area (Å²) in [7, 11) is 1.49. The van der Waals surface area contributed by atoms with Gasteiger partial charge in [0.2, 0.25) is 0 Å². The van der Waals surface area contributed by atoms with E-state index >= 15 is 0 Å². The highest BCUT2D eigenvalue weighted by atomic mass is 16.5. The number of rotatable bonds is 6. The van der Waals surface area contributed by atoms with Crippen LogP contribution in [0.5, 0.6) is 0 Å². The zero-order chi connectivity index (χ0) is 10.4. The minimum absolute atomic E-state index is 0.312. The maximum atomic E-state index is 9.42. The highest BCUT2D eigenvalue weighted by Crippen LogP contribution is 2.10. The molecule has 0 aromatic rings. The summed E-state index contributed by atoms with van der Waals surface area (Å²) in [6, 6.07) is 0. The van der Waals surface area contributed by atoms with E-state index in [0.29, 0.717) is 12.8 Å². The number of methoxy groups -OCH3 is 1. The van der Waals surface area contributed by atoms with E-state index in [-0.39, 0.29) is 6.10 Å². The molecule has 0 fully saturated rings. The van der Waals surface area contributed by atoms with Gasteiger partial charge in [0.1, 0.15) is 0 Å². The summed E-state index contributed by atoms with van der Waals surface area (Å²) < 4.78 is 4.97. The first-order valence-corrected chi connectivity index (χ1v) is 4.54. The van der Waals surface area contributed by atoms with Gasteiger partial charge in [-0.2, -0.15) is 0 Å². The highest BCUT2D eigenvalue weighted by Gasteiger charge is 2.19. The van der Waals surface area contributed by atoms with Crippen LogP contribution in [0.3, 0.4) is 0 Å². The monoisotopic (exact) mass is 192 g/mol. The van der Waals surface area contributed by atoms with Crippen molar-refractivity contribution in [1.29, 1.82) is 0 Å². The van der Waals surface area contributed by atoms with Crippen molar-refractivity contribution >= 4 is 0 Å².